The molecule has 1 aromatic rings. The Hall–Kier alpha value is -1.42. The second kappa shape index (κ2) is 18.4. The molecule has 1 rings (SSSR count). The Kier molecular flexibility index (Phi) is 16.3. The van der Waals surface area contributed by atoms with Gasteiger partial charge in [-0.3, -0.25) is 0 Å². The van der Waals surface area contributed by atoms with Crippen molar-refractivity contribution in [1.29, 1.82) is 0 Å². The molecule has 0 aliphatic rings. The number of hydrogen-bond donors (Lipinski definition) is 2. The lowest BCUT2D eigenvalue weighted by Gasteiger charge is -2.17. The van der Waals surface area contributed by atoms with Gasteiger partial charge in [0.25, 0.3) is 0 Å². The van der Waals surface area contributed by atoms with E-state index in [0.717, 1.165) is 24.5 Å². The van der Waals surface area contributed by atoms with E-state index in [-0.39, 0.29) is 12.2 Å². The van der Waals surface area contributed by atoms with Crippen LogP contribution in [0.1, 0.15) is 13.8 Å². The number of nitrogens with one attached hydrogen (secondary N) is 2. The normalized spacial score (nSPS) is 13.2. The fraction of sp³-hybridized carbons (Fsp3) is 0.727. The van der Waals surface area contributed by atoms with Gasteiger partial charge in [-0.05, 0) is 32.0 Å². The predicted molar refractivity (Wildman–Crippen MR) is 120 cm³/mol. The molecule has 0 aliphatic carbocycles. The molecule has 2 atom stereocenters. The third-order valence-electron chi connectivity index (χ3n) is 4.17. The topological polar surface area (TPSA) is 79.4 Å². The van der Waals surface area contributed by atoms with Crippen LogP contribution in [0.25, 0.3) is 0 Å². The van der Waals surface area contributed by atoms with E-state index in [4.69, 9.17) is 28.4 Å². The summed E-state index contributed by atoms with van der Waals surface area (Å²) in [6.07, 6.45) is 0.180. The number of ether oxygens (including phenoxy) is 6. The fourth-order valence-corrected chi connectivity index (χ4v) is 2.49. The van der Waals surface area contributed by atoms with Crippen molar-refractivity contribution in [1.82, 2.24) is 0 Å². The molecule has 0 amide bonds. The number of anilines is 2. The summed E-state index contributed by atoms with van der Waals surface area (Å²) < 4.78 is 32.1. The first-order chi connectivity index (χ1) is 14.7. The molecule has 0 unspecified atom stereocenters. The van der Waals surface area contributed by atoms with E-state index in [9.17, 15) is 0 Å². The van der Waals surface area contributed by atoms with Crippen LogP contribution in [0.3, 0.4) is 0 Å². The third-order valence-corrected chi connectivity index (χ3v) is 4.17. The lowest BCUT2D eigenvalue weighted by molar-refractivity contribution is 0.00356. The number of benzene rings is 1. The largest absolute Gasteiger partial charge is 0.382 e. The summed E-state index contributed by atoms with van der Waals surface area (Å²) in [7, 11) is 3.32. The molecule has 8 heteroatoms. The van der Waals surface area contributed by atoms with Gasteiger partial charge >= 0.3 is 0 Å². The molecule has 0 aromatic heterocycles. The molecular weight excluding hydrogens is 388 g/mol. The molecule has 0 radical (unpaired) electrons. The van der Waals surface area contributed by atoms with Crippen molar-refractivity contribution < 1.29 is 28.4 Å². The Morgan fingerprint density at radius 3 is 1.53 bits per heavy atom. The predicted octanol–water partition coefficient (Wildman–Crippen LogP) is 2.65. The van der Waals surface area contributed by atoms with Crippen molar-refractivity contribution in [3.8, 4) is 0 Å². The van der Waals surface area contributed by atoms with Gasteiger partial charge in [0.1, 0.15) is 0 Å². The summed E-state index contributed by atoms with van der Waals surface area (Å²) in [5.74, 6) is 0. The zero-order valence-electron chi connectivity index (χ0n) is 19.0. The summed E-state index contributed by atoms with van der Waals surface area (Å²) in [4.78, 5) is 0. The van der Waals surface area contributed by atoms with Crippen LogP contribution in [0, 0.1) is 0 Å². The van der Waals surface area contributed by atoms with E-state index in [0.29, 0.717) is 52.9 Å². The van der Waals surface area contributed by atoms with E-state index in [2.05, 4.69) is 16.7 Å². The average molecular weight is 429 g/mol. The van der Waals surface area contributed by atoms with Gasteiger partial charge in [-0.1, -0.05) is 6.07 Å². The highest BCUT2D eigenvalue weighted by Crippen LogP contribution is 2.15. The maximum Gasteiger partial charge on any atom is 0.0720 e. The van der Waals surface area contributed by atoms with E-state index in [1.165, 1.54) is 0 Å². The van der Waals surface area contributed by atoms with Crippen LogP contribution in [-0.2, 0) is 28.4 Å². The number of methoxy groups -OCH3 is 2. The quantitative estimate of drug-likeness (QED) is 0.307. The minimum atomic E-state index is 0.0900. The highest BCUT2D eigenvalue weighted by atomic mass is 16.5. The minimum absolute atomic E-state index is 0.0900. The van der Waals surface area contributed by atoms with Crippen LogP contribution in [0.2, 0.25) is 0 Å². The fourth-order valence-electron chi connectivity index (χ4n) is 2.49. The Labute approximate surface area is 181 Å². The standard InChI is InChI=1S/C22H40N2O6/c1-19(29-14-12-27-10-8-25-3)17-23-21-6-5-7-22(16-21)24-18-20(2)30-15-13-28-11-9-26-4/h5-7,16,19-20,23-24H,8-15,17-18H2,1-4H3/t19-,20-/m0/s1. The second-order valence-electron chi connectivity index (χ2n) is 6.92. The monoisotopic (exact) mass is 428 g/mol. The summed E-state index contributed by atoms with van der Waals surface area (Å²) in [6, 6.07) is 8.20. The lowest BCUT2D eigenvalue weighted by atomic mass is 10.2. The third kappa shape index (κ3) is 14.5. The van der Waals surface area contributed by atoms with Crippen molar-refractivity contribution in [2.45, 2.75) is 26.1 Å². The first kappa shape index (κ1) is 26.6. The van der Waals surface area contributed by atoms with Crippen molar-refractivity contribution in [3.63, 3.8) is 0 Å². The van der Waals surface area contributed by atoms with Crippen molar-refractivity contribution in [3.05, 3.63) is 24.3 Å². The Morgan fingerprint density at radius 1 is 0.667 bits per heavy atom. The van der Waals surface area contributed by atoms with E-state index < -0.39 is 0 Å². The van der Waals surface area contributed by atoms with Crippen LogP contribution in [0.5, 0.6) is 0 Å². The average Bonchev–Trinajstić information content (AvgIpc) is 2.76. The Morgan fingerprint density at radius 2 is 1.10 bits per heavy atom. The van der Waals surface area contributed by atoms with Gasteiger partial charge in [-0.15, -0.1) is 0 Å². The first-order valence-corrected chi connectivity index (χ1v) is 10.6. The van der Waals surface area contributed by atoms with Crippen LogP contribution in [0.4, 0.5) is 11.4 Å². The molecule has 0 saturated carbocycles. The van der Waals surface area contributed by atoms with E-state index >= 15 is 0 Å². The van der Waals surface area contributed by atoms with Crippen LogP contribution < -0.4 is 10.6 Å². The molecule has 0 spiro atoms. The molecule has 0 aliphatic heterocycles. The molecule has 8 nitrogen and oxygen atoms in total. The van der Waals surface area contributed by atoms with Gasteiger partial charge in [-0.2, -0.15) is 0 Å². The molecular formula is C22H40N2O6. The highest BCUT2D eigenvalue weighted by molar-refractivity contribution is 5.56. The number of hydrogen-bond acceptors (Lipinski definition) is 8. The molecule has 30 heavy (non-hydrogen) atoms. The summed E-state index contributed by atoms with van der Waals surface area (Å²) in [5, 5.41) is 6.82. The number of rotatable bonds is 20. The summed E-state index contributed by atoms with van der Waals surface area (Å²) in [6.45, 7) is 10.2. The maximum absolute atomic E-state index is 5.74. The zero-order chi connectivity index (χ0) is 21.9. The molecule has 0 heterocycles. The van der Waals surface area contributed by atoms with E-state index in [1.54, 1.807) is 14.2 Å². The molecule has 1 aromatic carbocycles. The minimum Gasteiger partial charge on any atom is -0.382 e. The van der Waals surface area contributed by atoms with Gasteiger partial charge in [0.2, 0.25) is 0 Å². The van der Waals surface area contributed by atoms with Crippen molar-refractivity contribution in [2.75, 3.05) is 90.8 Å². The molecule has 174 valence electrons. The van der Waals surface area contributed by atoms with E-state index in [1.807, 2.05) is 32.0 Å². The summed E-state index contributed by atoms with van der Waals surface area (Å²) in [5.41, 5.74) is 2.10. The first-order valence-electron chi connectivity index (χ1n) is 10.6. The van der Waals surface area contributed by atoms with Gasteiger partial charge in [-0.25, -0.2) is 0 Å². The van der Waals surface area contributed by atoms with Crippen LogP contribution >= 0.6 is 0 Å². The molecule has 0 bridgehead atoms. The molecule has 2 N–H and O–H groups in total. The summed E-state index contributed by atoms with van der Waals surface area (Å²) >= 11 is 0. The van der Waals surface area contributed by atoms with Gasteiger partial charge in [0, 0.05) is 38.7 Å². The Bertz CT molecular complexity index is 479. The van der Waals surface area contributed by atoms with Gasteiger partial charge in [0.05, 0.1) is 65.1 Å². The second-order valence-corrected chi connectivity index (χ2v) is 6.92. The van der Waals surface area contributed by atoms with Crippen molar-refractivity contribution >= 4 is 11.4 Å². The SMILES string of the molecule is COCCOCCO[C@@H](C)CNc1cccc(NC[C@H](C)OCCOCCOC)c1. The van der Waals surface area contributed by atoms with Gasteiger partial charge in [0.15, 0.2) is 0 Å². The lowest BCUT2D eigenvalue weighted by Crippen LogP contribution is -2.23. The van der Waals surface area contributed by atoms with Crippen LogP contribution in [-0.4, -0.2) is 92.4 Å². The zero-order valence-corrected chi connectivity index (χ0v) is 19.0. The highest BCUT2D eigenvalue weighted by Gasteiger charge is 2.05. The molecule has 0 fully saturated rings. The maximum atomic E-state index is 5.74. The smallest absolute Gasteiger partial charge is 0.0720 e. The Balaban J connectivity index is 2.16. The van der Waals surface area contributed by atoms with Gasteiger partial charge < -0.3 is 39.1 Å². The van der Waals surface area contributed by atoms with Crippen LogP contribution in [0.15, 0.2) is 24.3 Å². The van der Waals surface area contributed by atoms with Crippen molar-refractivity contribution in [2.24, 2.45) is 0 Å². The molecule has 0 saturated heterocycles.